The van der Waals surface area contributed by atoms with Crippen molar-refractivity contribution in [2.24, 2.45) is 5.92 Å². The Morgan fingerprint density at radius 2 is 2.00 bits per heavy atom. The predicted molar refractivity (Wildman–Crippen MR) is 43.0 cm³/mol. The molecule has 0 aliphatic rings. The lowest BCUT2D eigenvalue weighted by molar-refractivity contribution is -0.108. The Bertz CT molecular complexity index is 91.3. The van der Waals surface area contributed by atoms with Crippen molar-refractivity contribution in [2.45, 2.75) is 33.2 Å². The van der Waals surface area contributed by atoms with Gasteiger partial charge in [-0.05, 0) is 19.4 Å². The van der Waals surface area contributed by atoms with E-state index in [0.29, 0.717) is 18.4 Å². The van der Waals surface area contributed by atoms with Crippen LogP contribution in [0.1, 0.15) is 27.2 Å². The van der Waals surface area contributed by atoms with Gasteiger partial charge in [0, 0.05) is 12.5 Å². The molecule has 0 amide bonds. The predicted octanol–water partition coefficient (Wildman–Crippen LogP) is 1.21. The molecule has 1 atom stereocenters. The van der Waals surface area contributed by atoms with E-state index in [4.69, 9.17) is 0 Å². The first-order valence-corrected chi connectivity index (χ1v) is 3.83. The maximum atomic E-state index is 10.0. The van der Waals surface area contributed by atoms with Crippen LogP contribution in [0.3, 0.4) is 0 Å². The van der Waals surface area contributed by atoms with Gasteiger partial charge in [-0.15, -0.1) is 0 Å². The van der Waals surface area contributed by atoms with E-state index in [2.05, 4.69) is 19.2 Å². The molecule has 0 spiro atoms. The van der Waals surface area contributed by atoms with Crippen LogP contribution in [0.25, 0.3) is 0 Å². The van der Waals surface area contributed by atoms with E-state index < -0.39 is 0 Å². The fraction of sp³-hybridized carbons (Fsp3) is 0.875. The SMILES string of the molecule is CC(C)CNC(C)CC=O. The minimum atomic E-state index is 0.333. The van der Waals surface area contributed by atoms with E-state index in [1.165, 1.54) is 0 Å². The van der Waals surface area contributed by atoms with Gasteiger partial charge in [-0.2, -0.15) is 0 Å². The lowest BCUT2D eigenvalue weighted by Crippen LogP contribution is -2.29. The summed E-state index contributed by atoms with van der Waals surface area (Å²) >= 11 is 0. The van der Waals surface area contributed by atoms with E-state index in [0.717, 1.165) is 12.8 Å². The number of hydrogen-bond acceptors (Lipinski definition) is 2. The molecule has 1 unspecified atom stereocenters. The van der Waals surface area contributed by atoms with Crippen LogP contribution in [0, 0.1) is 5.92 Å². The number of aldehydes is 1. The molecule has 10 heavy (non-hydrogen) atoms. The van der Waals surface area contributed by atoms with Crippen LogP contribution in [0.5, 0.6) is 0 Å². The molecule has 0 aromatic carbocycles. The van der Waals surface area contributed by atoms with Crippen molar-refractivity contribution in [3.8, 4) is 0 Å². The molecule has 0 aliphatic heterocycles. The molecule has 0 aliphatic carbocycles. The van der Waals surface area contributed by atoms with E-state index in [-0.39, 0.29) is 0 Å². The lowest BCUT2D eigenvalue weighted by Gasteiger charge is -2.11. The van der Waals surface area contributed by atoms with Gasteiger partial charge in [0.25, 0.3) is 0 Å². The molecule has 60 valence electrons. The summed E-state index contributed by atoms with van der Waals surface area (Å²) < 4.78 is 0. The van der Waals surface area contributed by atoms with Crippen molar-refractivity contribution >= 4 is 6.29 Å². The Morgan fingerprint density at radius 1 is 1.40 bits per heavy atom. The zero-order valence-electron chi connectivity index (χ0n) is 7.05. The fourth-order valence-electron chi connectivity index (χ4n) is 0.665. The summed E-state index contributed by atoms with van der Waals surface area (Å²) in [6, 6.07) is 0.333. The Morgan fingerprint density at radius 3 is 2.40 bits per heavy atom. The van der Waals surface area contributed by atoms with Gasteiger partial charge in [-0.1, -0.05) is 13.8 Å². The Balaban J connectivity index is 3.20. The second kappa shape index (κ2) is 5.42. The normalized spacial score (nSPS) is 13.6. The van der Waals surface area contributed by atoms with Crippen molar-refractivity contribution in [2.75, 3.05) is 6.54 Å². The average Bonchev–Trinajstić information content (AvgIpc) is 1.85. The van der Waals surface area contributed by atoms with Crippen LogP contribution in [-0.2, 0) is 4.79 Å². The minimum absolute atomic E-state index is 0.333. The third-order valence-electron chi connectivity index (χ3n) is 1.32. The highest BCUT2D eigenvalue weighted by molar-refractivity contribution is 5.50. The topological polar surface area (TPSA) is 29.1 Å². The zero-order chi connectivity index (χ0) is 7.98. The second-order valence-corrected chi connectivity index (χ2v) is 3.11. The number of nitrogens with one attached hydrogen (secondary N) is 1. The summed E-state index contributed by atoms with van der Waals surface area (Å²) in [5.74, 6) is 0.661. The average molecular weight is 143 g/mol. The van der Waals surface area contributed by atoms with Gasteiger partial charge in [-0.25, -0.2) is 0 Å². The van der Waals surface area contributed by atoms with E-state index in [1.54, 1.807) is 0 Å². The molecule has 0 saturated carbocycles. The lowest BCUT2D eigenvalue weighted by atomic mass is 10.2. The molecule has 0 aromatic rings. The number of hydrogen-bond donors (Lipinski definition) is 1. The standard InChI is InChI=1S/C8H17NO/c1-7(2)6-9-8(3)4-5-10/h5,7-9H,4,6H2,1-3H3. The van der Waals surface area contributed by atoms with Crippen LogP contribution in [0.15, 0.2) is 0 Å². The molecule has 0 heterocycles. The molecule has 2 nitrogen and oxygen atoms in total. The summed E-state index contributed by atoms with van der Waals surface area (Å²) in [7, 11) is 0. The summed E-state index contributed by atoms with van der Waals surface area (Å²) in [4.78, 5) is 10.0. The van der Waals surface area contributed by atoms with Gasteiger partial charge in [0.1, 0.15) is 6.29 Å². The maximum Gasteiger partial charge on any atom is 0.121 e. The first kappa shape index (κ1) is 9.63. The van der Waals surface area contributed by atoms with E-state index in [1.807, 2.05) is 6.92 Å². The summed E-state index contributed by atoms with van der Waals surface area (Å²) in [6.45, 7) is 7.33. The molecule has 1 N–H and O–H groups in total. The highest BCUT2D eigenvalue weighted by Crippen LogP contribution is 1.91. The largest absolute Gasteiger partial charge is 0.314 e. The molecule has 0 saturated heterocycles. The van der Waals surface area contributed by atoms with Gasteiger partial charge in [0.2, 0.25) is 0 Å². The van der Waals surface area contributed by atoms with Crippen LogP contribution in [0.2, 0.25) is 0 Å². The van der Waals surface area contributed by atoms with Crippen molar-refractivity contribution < 1.29 is 4.79 Å². The van der Waals surface area contributed by atoms with Crippen LogP contribution in [-0.4, -0.2) is 18.9 Å². The Hall–Kier alpha value is -0.370. The van der Waals surface area contributed by atoms with Crippen molar-refractivity contribution in [1.82, 2.24) is 5.32 Å². The van der Waals surface area contributed by atoms with Gasteiger partial charge in [-0.3, -0.25) is 0 Å². The summed E-state index contributed by atoms with van der Waals surface area (Å²) in [6.07, 6.45) is 1.57. The molecular formula is C8H17NO. The van der Waals surface area contributed by atoms with Gasteiger partial charge < -0.3 is 10.1 Å². The highest BCUT2D eigenvalue weighted by Gasteiger charge is 1.99. The second-order valence-electron chi connectivity index (χ2n) is 3.11. The highest BCUT2D eigenvalue weighted by atomic mass is 16.1. The maximum absolute atomic E-state index is 10.0. The van der Waals surface area contributed by atoms with Crippen LogP contribution < -0.4 is 5.32 Å². The third-order valence-corrected chi connectivity index (χ3v) is 1.32. The van der Waals surface area contributed by atoms with Gasteiger partial charge in [0.15, 0.2) is 0 Å². The van der Waals surface area contributed by atoms with Crippen molar-refractivity contribution in [3.63, 3.8) is 0 Å². The molecule has 0 fully saturated rings. The third kappa shape index (κ3) is 5.76. The Kier molecular flexibility index (Phi) is 5.22. The quantitative estimate of drug-likeness (QED) is 0.586. The molecule has 0 aromatic heterocycles. The van der Waals surface area contributed by atoms with E-state index in [9.17, 15) is 4.79 Å². The molecular weight excluding hydrogens is 126 g/mol. The van der Waals surface area contributed by atoms with Crippen LogP contribution in [0.4, 0.5) is 0 Å². The summed E-state index contributed by atoms with van der Waals surface area (Å²) in [5, 5.41) is 3.25. The zero-order valence-corrected chi connectivity index (χ0v) is 7.05. The number of carbonyl (C=O) groups is 1. The van der Waals surface area contributed by atoms with Crippen LogP contribution >= 0.6 is 0 Å². The fourth-order valence-corrected chi connectivity index (χ4v) is 0.665. The molecule has 0 bridgehead atoms. The monoisotopic (exact) mass is 143 g/mol. The van der Waals surface area contributed by atoms with Gasteiger partial charge in [0.05, 0.1) is 0 Å². The molecule has 0 rings (SSSR count). The first-order chi connectivity index (χ1) is 4.66. The molecule has 0 radical (unpaired) electrons. The van der Waals surface area contributed by atoms with Gasteiger partial charge >= 0.3 is 0 Å². The van der Waals surface area contributed by atoms with E-state index >= 15 is 0 Å². The van der Waals surface area contributed by atoms with Crippen molar-refractivity contribution in [3.05, 3.63) is 0 Å². The summed E-state index contributed by atoms with van der Waals surface area (Å²) in [5.41, 5.74) is 0. The van der Waals surface area contributed by atoms with Crippen molar-refractivity contribution in [1.29, 1.82) is 0 Å². The smallest absolute Gasteiger partial charge is 0.121 e. The first-order valence-electron chi connectivity index (χ1n) is 3.83. The Labute approximate surface area is 63.0 Å². The number of carbonyl (C=O) groups excluding carboxylic acids is 1. The molecule has 2 heteroatoms. The minimum Gasteiger partial charge on any atom is -0.314 e. The number of rotatable bonds is 5.